The zero-order valence-electron chi connectivity index (χ0n) is 12.9. The summed E-state index contributed by atoms with van der Waals surface area (Å²) in [5.74, 6) is 0.388. The Kier molecular flexibility index (Phi) is 6.64. The Morgan fingerprint density at radius 3 is 2.45 bits per heavy atom. The Labute approximate surface area is 129 Å². The van der Waals surface area contributed by atoms with Crippen LogP contribution in [0, 0.1) is 27.4 Å². The Bertz CT molecular complexity index is 654. The van der Waals surface area contributed by atoms with Gasteiger partial charge in [-0.3, -0.25) is 0 Å². The highest BCUT2D eigenvalue weighted by molar-refractivity contribution is 5.31. The van der Waals surface area contributed by atoms with Crippen molar-refractivity contribution < 1.29 is 5.03 Å². The van der Waals surface area contributed by atoms with Crippen LogP contribution in [0.5, 0.6) is 0 Å². The number of rotatable bonds is 2. The number of allylic oxidation sites excluding steroid dienone is 4. The molecule has 0 spiro atoms. The topological polar surface area (TPSA) is 91.7 Å². The zero-order valence-corrected chi connectivity index (χ0v) is 12.9. The van der Waals surface area contributed by atoms with Crippen LogP contribution in [0.25, 0.3) is 0 Å². The van der Waals surface area contributed by atoms with Crippen molar-refractivity contribution in [1.82, 2.24) is 0 Å². The summed E-state index contributed by atoms with van der Waals surface area (Å²) in [4.78, 5) is 10.0. The summed E-state index contributed by atoms with van der Waals surface area (Å²) in [5.41, 5.74) is 3.67. The van der Waals surface area contributed by atoms with Gasteiger partial charge in [0.15, 0.2) is 10.9 Å². The second kappa shape index (κ2) is 8.47. The van der Waals surface area contributed by atoms with Crippen molar-refractivity contribution in [1.29, 1.82) is 5.26 Å². The van der Waals surface area contributed by atoms with E-state index in [1.807, 2.05) is 37.3 Å². The molecule has 0 amide bonds. The minimum atomic E-state index is -0.782. The van der Waals surface area contributed by atoms with Crippen molar-refractivity contribution in [2.75, 3.05) is 0 Å². The molecule has 2 rings (SSSR count). The Morgan fingerprint density at radius 1 is 1.32 bits per heavy atom. The molecule has 0 fully saturated rings. The molecule has 0 saturated heterocycles. The number of nitro groups is 1. The van der Waals surface area contributed by atoms with Crippen molar-refractivity contribution in [2.45, 2.75) is 27.2 Å². The summed E-state index contributed by atoms with van der Waals surface area (Å²) in [6, 6.07) is 11.2. The van der Waals surface area contributed by atoms with Crippen molar-refractivity contribution in [3.63, 3.8) is 0 Å². The lowest BCUT2D eigenvalue weighted by molar-refractivity contribution is -0.494. The molecule has 0 bridgehead atoms. The molecule has 0 aliphatic heterocycles. The Hall–Kier alpha value is -2.81. The maximum Gasteiger partial charge on any atom is 0.184 e. The van der Waals surface area contributed by atoms with Crippen LogP contribution in [0.2, 0.25) is 0 Å². The predicted octanol–water partition coefficient (Wildman–Crippen LogP) is 4.45. The fraction of sp³-hybridized carbons (Fsp3) is 0.312. The van der Waals surface area contributed by atoms with Crippen molar-refractivity contribution in [2.24, 2.45) is 16.3 Å². The molecule has 0 N–H and O–H groups in total. The monoisotopic (exact) mass is 298 g/mol. The van der Waals surface area contributed by atoms with Crippen LogP contribution >= 0.6 is 0 Å². The highest BCUT2D eigenvalue weighted by atomic mass is 16.7. The van der Waals surface area contributed by atoms with E-state index in [4.69, 9.17) is 5.26 Å². The predicted molar refractivity (Wildman–Crippen MR) is 83.2 cm³/mol. The van der Waals surface area contributed by atoms with E-state index in [1.54, 1.807) is 12.1 Å². The van der Waals surface area contributed by atoms with Crippen molar-refractivity contribution in [3.8, 4) is 6.07 Å². The lowest BCUT2D eigenvalue weighted by Gasteiger charge is -2.15. The Balaban J connectivity index is 0.000000255. The van der Waals surface area contributed by atoms with Crippen LogP contribution in [-0.4, -0.2) is 5.03 Å². The summed E-state index contributed by atoms with van der Waals surface area (Å²) in [6.07, 6.45) is 2.73. The van der Waals surface area contributed by atoms with Gasteiger partial charge in [0.2, 0.25) is 0 Å². The number of nitriles is 1. The lowest BCUT2D eigenvalue weighted by atomic mass is 9.89. The number of hydrogen-bond donors (Lipinski definition) is 0. The minimum Gasteiger partial charge on any atom is -0.337 e. The first kappa shape index (κ1) is 17.2. The summed E-state index contributed by atoms with van der Waals surface area (Å²) in [7, 11) is 0. The summed E-state index contributed by atoms with van der Waals surface area (Å²) in [6.45, 7) is 6.01. The molecule has 22 heavy (non-hydrogen) atoms. The minimum absolute atomic E-state index is 0.388. The average molecular weight is 298 g/mol. The first-order chi connectivity index (χ1) is 10.4. The molecule has 1 atom stereocenters. The normalized spacial score (nSPS) is 17.4. The molecule has 0 heterocycles. The van der Waals surface area contributed by atoms with E-state index in [-0.39, 0.29) is 0 Å². The molecule has 114 valence electrons. The van der Waals surface area contributed by atoms with Gasteiger partial charge < -0.3 is 10.1 Å². The lowest BCUT2D eigenvalue weighted by Crippen LogP contribution is -2.04. The van der Waals surface area contributed by atoms with E-state index in [1.165, 1.54) is 5.57 Å². The van der Waals surface area contributed by atoms with Gasteiger partial charge in [-0.2, -0.15) is 5.26 Å². The molecule has 0 aromatic heterocycles. The number of hydrogen-bond acceptors (Lipinski definition) is 4. The molecule has 1 aromatic carbocycles. The molecule has 1 aromatic rings. The van der Waals surface area contributed by atoms with Gasteiger partial charge in [0.05, 0.1) is 21.8 Å². The van der Waals surface area contributed by atoms with E-state index in [0.29, 0.717) is 17.2 Å². The maximum atomic E-state index is 10.0. The summed E-state index contributed by atoms with van der Waals surface area (Å²) < 4.78 is 0. The van der Waals surface area contributed by atoms with Gasteiger partial charge in [-0.25, -0.2) is 0 Å². The third-order valence-corrected chi connectivity index (χ3v) is 3.32. The van der Waals surface area contributed by atoms with Gasteiger partial charge in [0, 0.05) is 6.42 Å². The van der Waals surface area contributed by atoms with Crippen molar-refractivity contribution >= 4 is 0 Å². The smallest absolute Gasteiger partial charge is 0.184 e. The molecule has 1 unspecified atom stereocenters. The summed E-state index contributed by atoms with van der Waals surface area (Å²) in [5, 5.41) is 24.0. The quantitative estimate of drug-likeness (QED) is 0.458. The SMILES string of the molecule is CC1=CC(C)=C(N=N[N+](=O)[O-])CC1C.N#Cc1ccccc1. The van der Waals surface area contributed by atoms with E-state index in [2.05, 4.69) is 24.2 Å². The third kappa shape index (κ3) is 5.67. The molecular weight excluding hydrogens is 280 g/mol. The zero-order chi connectivity index (χ0) is 16.5. The van der Waals surface area contributed by atoms with E-state index >= 15 is 0 Å². The molecule has 6 heteroatoms. The van der Waals surface area contributed by atoms with Gasteiger partial charge in [-0.15, -0.1) is 0 Å². The van der Waals surface area contributed by atoms with Crippen LogP contribution in [0.15, 0.2) is 63.6 Å². The first-order valence-corrected chi connectivity index (χ1v) is 6.83. The molecule has 0 saturated carbocycles. The van der Waals surface area contributed by atoms with E-state index < -0.39 is 5.03 Å². The number of benzene rings is 1. The summed E-state index contributed by atoms with van der Waals surface area (Å²) >= 11 is 0. The van der Waals surface area contributed by atoms with Crippen LogP contribution in [0.4, 0.5) is 0 Å². The number of nitrogens with zero attached hydrogens (tertiary/aromatic N) is 4. The molecule has 0 radical (unpaired) electrons. The van der Waals surface area contributed by atoms with E-state index in [9.17, 15) is 10.1 Å². The van der Waals surface area contributed by atoms with Crippen LogP contribution in [-0.2, 0) is 0 Å². The van der Waals surface area contributed by atoms with Gasteiger partial charge >= 0.3 is 0 Å². The van der Waals surface area contributed by atoms with Gasteiger partial charge in [0.25, 0.3) is 0 Å². The standard InChI is InChI=1S/C9H13N3O2.C7H5N/c1-6-4-8(3)9(5-7(6)2)10-11-12(13)14;8-6-7-4-2-1-3-5-7/h4,7H,5H2,1-3H3;1-5H. The second-order valence-corrected chi connectivity index (χ2v) is 5.03. The second-order valence-electron chi connectivity index (χ2n) is 5.03. The molecule has 6 nitrogen and oxygen atoms in total. The molecule has 1 aliphatic rings. The largest absolute Gasteiger partial charge is 0.337 e. The molecular formula is C16H18N4O2. The highest BCUT2D eigenvalue weighted by Crippen LogP contribution is 2.29. The fourth-order valence-electron chi connectivity index (χ4n) is 1.90. The average Bonchev–Trinajstić information content (AvgIpc) is 2.51. The first-order valence-electron chi connectivity index (χ1n) is 6.83. The molecule has 1 aliphatic carbocycles. The van der Waals surface area contributed by atoms with Gasteiger partial charge in [-0.05, 0) is 37.5 Å². The Morgan fingerprint density at radius 2 is 1.95 bits per heavy atom. The fourth-order valence-corrected chi connectivity index (χ4v) is 1.90. The van der Waals surface area contributed by atoms with Crippen LogP contribution < -0.4 is 0 Å². The van der Waals surface area contributed by atoms with Crippen LogP contribution in [0.1, 0.15) is 32.8 Å². The highest BCUT2D eigenvalue weighted by Gasteiger charge is 2.19. The third-order valence-electron chi connectivity index (χ3n) is 3.32. The van der Waals surface area contributed by atoms with E-state index in [0.717, 1.165) is 12.0 Å². The van der Waals surface area contributed by atoms with Gasteiger partial charge in [-0.1, -0.05) is 36.8 Å². The van der Waals surface area contributed by atoms with Gasteiger partial charge in [0.1, 0.15) is 0 Å². The van der Waals surface area contributed by atoms with Crippen LogP contribution in [0.3, 0.4) is 0 Å². The van der Waals surface area contributed by atoms with Crippen molar-refractivity contribution in [3.05, 3.63) is 68.9 Å². The maximum absolute atomic E-state index is 10.0.